The van der Waals surface area contributed by atoms with Crippen LogP contribution >= 0.6 is 15.9 Å². The van der Waals surface area contributed by atoms with Gasteiger partial charge in [-0.2, -0.15) is 0 Å². The van der Waals surface area contributed by atoms with Gasteiger partial charge in [-0.15, -0.1) is 0 Å². The van der Waals surface area contributed by atoms with Crippen LogP contribution in [-0.2, 0) is 20.1 Å². The van der Waals surface area contributed by atoms with Crippen molar-refractivity contribution in [3.8, 4) is 0 Å². The summed E-state index contributed by atoms with van der Waals surface area (Å²) in [6.07, 6.45) is 0.804. The predicted molar refractivity (Wildman–Crippen MR) is 86.1 cm³/mol. The number of nitrogens with zero attached hydrogens (tertiary/aromatic N) is 1. The molecule has 0 radical (unpaired) electrons. The van der Waals surface area contributed by atoms with Crippen molar-refractivity contribution in [3.63, 3.8) is 0 Å². The number of hydrogen-bond donors (Lipinski definition) is 1. The molecule has 1 aliphatic heterocycles. The Morgan fingerprint density at radius 1 is 1.19 bits per heavy atom. The van der Waals surface area contributed by atoms with Gasteiger partial charge in [-0.25, -0.2) is 13.1 Å². The molecular weight excluding hydrogens is 356 g/mol. The van der Waals surface area contributed by atoms with Crippen molar-refractivity contribution in [1.82, 2.24) is 9.62 Å². The third-order valence-corrected chi connectivity index (χ3v) is 5.56. The quantitative estimate of drug-likeness (QED) is 0.579. The number of benzene rings is 1. The van der Waals surface area contributed by atoms with E-state index in [1.54, 1.807) is 12.1 Å². The van der Waals surface area contributed by atoms with Gasteiger partial charge in [0.05, 0.1) is 18.1 Å². The number of hydrogen-bond acceptors (Lipinski definition) is 4. The van der Waals surface area contributed by atoms with Gasteiger partial charge in [-0.1, -0.05) is 28.1 Å². The van der Waals surface area contributed by atoms with Crippen molar-refractivity contribution in [1.29, 1.82) is 0 Å². The highest BCUT2D eigenvalue weighted by molar-refractivity contribution is 9.08. The first-order valence-corrected chi connectivity index (χ1v) is 9.67. The fourth-order valence-electron chi connectivity index (χ4n) is 2.17. The van der Waals surface area contributed by atoms with E-state index in [0.29, 0.717) is 11.4 Å². The van der Waals surface area contributed by atoms with E-state index in [1.807, 2.05) is 12.1 Å². The molecule has 0 aromatic heterocycles. The average Bonchev–Trinajstić information content (AvgIpc) is 2.53. The minimum atomic E-state index is -3.40. The van der Waals surface area contributed by atoms with Crippen LogP contribution in [0.2, 0.25) is 0 Å². The zero-order valence-corrected chi connectivity index (χ0v) is 14.3. The Kier molecular flexibility index (Phi) is 6.63. The van der Waals surface area contributed by atoms with Gasteiger partial charge >= 0.3 is 0 Å². The molecule has 1 aromatic carbocycles. The molecule has 1 saturated heterocycles. The Bertz CT molecular complexity index is 528. The standard InChI is InChI=1S/C14H21BrN2O3S/c15-12-13-2-4-14(5-3-13)21(18,19)16-6-1-7-17-8-10-20-11-9-17/h2-5,16H,1,6-12H2. The SMILES string of the molecule is O=S(=O)(NCCCN1CCOCC1)c1ccc(CBr)cc1. The summed E-state index contributed by atoms with van der Waals surface area (Å²) < 4.78 is 32.2. The highest BCUT2D eigenvalue weighted by atomic mass is 79.9. The molecule has 0 aliphatic carbocycles. The van der Waals surface area contributed by atoms with E-state index in [4.69, 9.17) is 4.74 Å². The van der Waals surface area contributed by atoms with Crippen molar-refractivity contribution >= 4 is 26.0 Å². The van der Waals surface area contributed by atoms with E-state index in [-0.39, 0.29) is 0 Å². The molecule has 0 spiro atoms. The Labute approximate surface area is 134 Å². The molecule has 118 valence electrons. The van der Waals surface area contributed by atoms with E-state index in [9.17, 15) is 8.42 Å². The maximum atomic E-state index is 12.1. The third-order valence-electron chi connectivity index (χ3n) is 3.43. The van der Waals surface area contributed by atoms with E-state index in [0.717, 1.165) is 50.2 Å². The molecular formula is C14H21BrN2O3S. The van der Waals surface area contributed by atoms with Crippen LogP contribution in [0.4, 0.5) is 0 Å². The molecule has 0 saturated carbocycles. The summed E-state index contributed by atoms with van der Waals surface area (Å²) in [5, 5.41) is 0.723. The topological polar surface area (TPSA) is 58.6 Å². The fourth-order valence-corrected chi connectivity index (χ4v) is 3.62. The van der Waals surface area contributed by atoms with E-state index < -0.39 is 10.0 Å². The molecule has 0 unspecified atom stereocenters. The number of alkyl halides is 1. The minimum absolute atomic E-state index is 0.318. The monoisotopic (exact) mass is 376 g/mol. The smallest absolute Gasteiger partial charge is 0.240 e. The van der Waals surface area contributed by atoms with Crippen LogP contribution in [0.1, 0.15) is 12.0 Å². The largest absolute Gasteiger partial charge is 0.379 e. The van der Waals surface area contributed by atoms with Gasteiger partial charge in [0.25, 0.3) is 0 Å². The number of morpholine rings is 1. The number of halogens is 1. The van der Waals surface area contributed by atoms with Crippen LogP contribution in [0.5, 0.6) is 0 Å². The van der Waals surface area contributed by atoms with Crippen molar-refractivity contribution in [2.45, 2.75) is 16.6 Å². The predicted octanol–water partition coefficient (Wildman–Crippen LogP) is 1.58. The van der Waals surface area contributed by atoms with Gasteiger partial charge in [0.15, 0.2) is 0 Å². The first-order valence-electron chi connectivity index (χ1n) is 7.06. The summed E-state index contributed by atoms with van der Waals surface area (Å²) in [5.74, 6) is 0. The lowest BCUT2D eigenvalue weighted by atomic mass is 10.2. The highest BCUT2D eigenvalue weighted by Crippen LogP contribution is 2.12. The van der Waals surface area contributed by atoms with Gasteiger partial charge in [-0.3, -0.25) is 4.90 Å². The number of rotatable bonds is 7. The second-order valence-electron chi connectivity index (χ2n) is 4.98. The summed E-state index contributed by atoms with van der Waals surface area (Å²) in [4.78, 5) is 2.61. The maximum absolute atomic E-state index is 12.1. The fraction of sp³-hybridized carbons (Fsp3) is 0.571. The number of ether oxygens (including phenoxy) is 1. The van der Waals surface area contributed by atoms with Gasteiger partial charge < -0.3 is 4.74 Å². The van der Waals surface area contributed by atoms with Crippen molar-refractivity contribution in [2.24, 2.45) is 0 Å². The Morgan fingerprint density at radius 3 is 2.48 bits per heavy atom. The lowest BCUT2D eigenvalue weighted by molar-refractivity contribution is 0.0376. The normalized spacial score (nSPS) is 17.0. The van der Waals surface area contributed by atoms with Crippen LogP contribution in [0, 0.1) is 0 Å². The molecule has 5 nitrogen and oxygen atoms in total. The lowest BCUT2D eigenvalue weighted by Gasteiger charge is -2.26. The molecule has 1 fully saturated rings. The second-order valence-corrected chi connectivity index (χ2v) is 7.31. The molecule has 1 aliphatic rings. The van der Waals surface area contributed by atoms with E-state index in [1.165, 1.54) is 0 Å². The van der Waals surface area contributed by atoms with Crippen LogP contribution in [0.25, 0.3) is 0 Å². The molecule has 2 rings (SSSR count). The van der Waals surface area contributed by atoms with Gasteiger partial charge in [0, 0.05) is 25.0 Å². The Hall–Kier alpha value is -0.470. The first kappa shape index (κ1) is 16.9. The van der Waals surface area contributed by atoms with Crippen LogP contribution < -0.4 is 4.72 Å². The van der Waals surface area contributed by atoms with Crippen LogP contribution in [-0.4, -0.2) is 52.7 Å². The van der Waals surface area contributed by atoms with Gasteiger partial charge in [-0.05, 0) is 30.7 Å². The van der Waals surface area contributed by atoms with E-state index >= 15 is 0 Å². The lowest BCUT2D eigenvalue weighted by Crippen LogP contribution is -2.38. The Balaban J connectivity index is 1.77. The van der Waals surface area contributed by atoms with Gasteiger partial charge in [0.1, 0.15) is 0 Å². The summed E-state index contributed by atoms with van der Waals surface area (Å²) in [6.45, 7) is 4.76. The summed E-state index contributed by atoms with van der Waals surface area (Å²) in [6, 6.07) is 6.91. The van der Waals surface area contributed by atoms with Crippen LogP contribution in [0.3, 0.4) is 0 Å². The molecule has 1 heterocycles. The van der Waals surface area contributed by atoms with Gasteiger partial charge in [0.2, 0.25) is 10.0 Å². The summed E-state index contributed by atoms with van der Waals surface area (Å²) in [5.41, 5.74) is 1.06. The minimum Gasteiger partial charge on any atom is -0.379 e. The molecule has 1 aromatic rings. The average molecular weight is 377 g/mol. The first-order chi connectivity index (χ1) is 10.1. The molecule has 7 heteroatoms. The Morgan fingerprint density at radius 2 is 1.86 bits per heavy atom. The highest BCUT2D eigenvalue weighted by Gasteiger charge is 2.14. The maximum Gasteiger partial charge on any atom is 0.240 e. The zero-order chi connectivity index (χ0) is 15.1. The van der Waals surface area contributed by atoms with Crippen molar-refractivity contribution in [3.05, 3.63) is 29.8 Å². The second kappa shape index (κ2) is 8.24. The third kappa shape index (κ3) is 5.34. The molecule has 0 bridgehead atoms. The van der Waals surface area contributed by atoms with Crippen molar-refractivity contribution in [2.75, 3.05) is 39.4 Å². The van der Waals surface area contributed by atoms with E-state index in [2.05, 4.69) is 25.6 Å². The molecule has 0 amide bonds. The summed E-state index contributed by atoms with van der Waals surface area (Å²) >= 11 is 3.34. The molecule has 0 atom stereocenters. The zero-order valence-electron chi connectivity index (χ0n) is 11.9. The van der Waals surface area contributed by atoms with Crippen LogP contribution in [0.15, 0.2) is 29.2 Å². The summed E-state index contributed by atoms with van der Waals surface area (Å²) in [7, 11) is -3.40. The number of nitrogens with one attached hydrogen (secondary N) is 1. The molecule has 1 N–H and O–H groups in total. The van der Waals surface area contributed by atoms with Crippen molar-refractivity contribution < 1.29 is 13.2 Å². The number of sulfonamides is 1. The molecule has 21 heavy (non-hydrogen) atoms.